The Morgan fingerprint density at radius 1 is 1.04 bits per heavy atom. The monoisotopic (exact) mass is 383 g/mol. The van der Waals surface area contributed by atoms with Crippen LogP contribution in [-0.4, -0.2) is 17.4 Å². The van der Waals surface area contributed by atoms with Crippen molar-refractivity contribution in [1.82, 2.24) is 10.3 Å². The molecule has 1 unspecified atom stereocenters. The van der Waals surface area contributed by atoms with Crippen LogP contribution in [0.25, 0.3) is 10.9 Å². The number of rotatable bonds is 1. The molecule has 0 aliphatic carbocycles. The van der Waals surface area contributed by atoms with E-state index in [-0.39, 0.29) is 17.5 Å². The molecule has 3 N–H and O–H groups in total. The summed E-state index contributed by atoms with van der Waals surface area (Å²) in [6, 6.07) is 14.6. The van der Waals surface area contributed by atoms with Crippen molar-refractivity contribution in [2.24, 2.45) is 0 Å². The molecule has 2 aromatic carbocycles. The Hall–Kier alpha value is -2.60. The fourth-order valence-electron chi connectivity index (χ4n) is 2.98. The molecule has 4 rings (SSSR count). The molecule has 2 heterocycles. The molecule has 5 nitrogen and oxygen atoms in total. The number of amides is 1. The Bertz CT molecular complexity index is 1010. The van der Waals surface area contributed by atoms with E-state index in [9.17, 15) is 9.59 Å². The Balaban J connectivity index is 1.81. The van der Waals surface area contributed by atoms with Gasteiger partial charge in [-0.2, -0.15) is 0 Å². The molecular formula is C18H14BrN3O2. The van der Waals surface area contributed by atoms with Gasteiger partial charge in [0, 0.05) is 27.8 Å². The summed E-state index contributed by atoms with van der Waals surface area (Å²) >= 11 is 3.45. The van der Waals surface area contributed by atoms with Crippen LogP contribution in [0, 0.1) is 0 Å². The summed E-state index contributed by atoms with van der Waals surface area (Å²) in [6.45, 7) is 0.343. The molecule has 0 saturated carbocycles. The van der Waals surface area contributed by atoms with Crippen molar-refractivity contribution in [1.29, 1.82) is 0 Å². The van der Waals surface area contributed by atoms with Crippen LogP contribution in [0.15, 0.2) is 57.8 Å². The maximum absolute atomic E-state index is 12.5. The van der Waals surface area contributed by atoms with E-state index in [2.05, 4.69) is 31.5 Å². The molecule has 1 atom stereocenters. The predicted molar refractivity (Wildman–Crippen MR) is 97.4 cm³/mol. The largest absolute Gasteiger partial charge is 0.376 e. The van der Waals surface area contributed by atoms with Gasteiger partial charge in [0.1, 0.15) is 0 Å². The van der Waals surface area contributed by atoms with Gasteiger partial charge >= 0.3 is 0 Å². The van der Waals surface area contributed by atoms with Gasteiger partial charge in [-0.05, 0) is 41.8 Å². The molecule has 1 aliphatic rings. The van der Waals surface area contributed by atoms with Gasteiger partial charge in [0.05, 0.1) is 11.6 Å². The second kappa shape index (κ2) is 5.79. The zero-order chi connectivity index (χ0) is 16.7. The summed E-state index contributed by atoms with van der Waals surface area (Å²) in [5, 5.41) is 7.12. The van der Waals surface area contributed by atoms with Crippen LogP contribution in [0.1, 0.15) is 22.0 Å². The lowest BCUT2D eigenvalue weighted by molar-refractivity contribution is 0.0955. The number of aromatic nitrogens is 1. The van der Waals surface area contributed by atoms with E-state index in [1.54, 1.807) is 6.07 Å². The summed E-state index contributed by atoms with van der Waals surface area (Å²) in [5.74, 6) is -0.138. The quantitative estimate of drug-likeness (QED) is 0.603. The fraction of sp³-hybridized carbons (Fsp3) is 0.111. The van der Waals surface area contributed by atoms with Crippen LogP contribution >= 0.6 is 15.9 Å². The van der Waals surface area contributed by atoms with E-state index >= 15 is 0 Å². The number of anilines is 1. The van der Waals surface area contributed by atoms with Crippen molar-refractivity contribution in [3.05, 3.63) is 74.5 Å². The summed E-state index contributed by atoms with van der Waals surface area (Å²) in [7, 11) is 0. The van der Waals surface area contributed by atoms with Gasteiger partial charge in [-0.3, -0.25) is 9.59 Å². The van der Waals surface area contributed by atoms with Crippen LogP contribution in [0.5, 0.6) is 0 Å². The molecule has 1 amide bonds. The molecule has 0 saturated heterocycles. The number of hydrogen-bond donors (Lipinski definition) is 3. The third kappa shape index (κ3) is 2.59. The minimum absolute atomic E-state index is 0.138. The molecule has 1 aliphatic heterocycles. The fourth-order valence-corrected chi connectivity index (χ4v) is 3.36. The first-order valence-electron chi connectivity index (χ1n) is 7.58. The highest BCUT2D eigenvalue weighted by atomic mass is 79.9. The Morgan fingerprint density at radius 3 is 2.75 bits per heavy atom. The first-order chi connectivity index (χ1) is 11.6. The lowest BCUT2D eigenvalue weighted by Gasteiger charge is -2.17. The van der Waals surface area contributed by atoms with E-state index in [0.717, 1.165) is 21.1 Å². The summed E-state index contributed by atoms with van der Waals surface area (Å²) in [5.41, 5.74) is 2.53. The number of carbonyl (C=O) groups excluding carboxylic acids is 1. The molecule has 1 aromatic heterocycles. The number of hydrogen-bond acceptors (Lipinski definition) is 3. The van der Waals surface area contributed by atoms with Crippen LogP contribution in [0.3, 0.4) is 0 Å². The van der Waals surface area contributed by atoms with Crippen LogP contribution < -0.4 is 16.2 Å². The van der Waals surface area contributed by atoms with Crippen molar-refractivity contribution < 1.29 is 4.79 Å². The van der Waals surface area contributed by atoms with Gasteiger partial charge in [-0.25, -0.2) is 0 Å². The third-order valence-corrected chi connectivity index (χ3v) is 4.67. The first-order valence-corrected chi connectivity index (χ1v) is 8.37. The van der Waals surface area contributed by atoms with E-state index in [0.29, 0.717) is 17.7 Å². The minimum Gasteiger partial charge on any atom is -0.376 e. The molecule has 0 bridgehead atoms. The van der Waals surface area contributed by atoms with Crippen molar-refractivity contribution >= 4 is 38.4 Å². The normalized spacial score (nSPS) is 16.9. The molecule has 24 heavy (non-hydrogen) atoms. The van der Waals surface area contributed by atoms with Crippen molar-refractivity contribution in [2.45, 2.75) is 6.04 Å². The van der Waals surface area contributed by atoms with Gasteiger partial charge in [-0.1, -0.05) is 28.1 Å². The van der Waals surface area contributed by atoms with Gasteiger partial charge in [0.15, 0.2) is 0 Å². The summed E-state index contributed by atoms with van der Waals surface area (Å²) in [6.07, 6.45) is 0. The number of carbonyl (C=O) groups is 1. The second-order valence-corrected chi connectivity index (χ2v) is 6.65. The standard InChI is InChI=1S/C18H14BrN3O2/c19-11-5-6-14-10(7-11)8-13(18(24)22-14)16-9-20-17(23)12-3-1-2-4-15(12)21-16/h1-8,16,21H,9H2,(H,20,23)(H,22,24). The lowest BCUT2D eigenvalue weighted by Crippen LogP contribution is -2.30. The van der Waals surface area contributed by atoms with Gasteiger partial charge in [0.2, 0.25) is 0 Å². The maximum atomic E-state index is 12.5. The Morgan fingerprint density at radius 2 is 1.88 bits per heavy atom. The molecule has 0 spiro atoms. The maximum Gasteiger partial charge on any atom is 0.253 e. The topological polar surface area (TPSA) is 74.0 Å². The first kappa shape index (κ1) is 15.0. The molecule has 120 valence electrons. The molecule has 6 heteroatoms. The SMILES string of the molecule is O=C1NCC(c2cc3cc(Br)ccc3[nH]c2=O)Nc2ccccc21. The lowest BCUT2D eigenvalue weighted by atomic mass is 10.1. The van der Waals surface area contributed by atoms with Gasteiger partial charge in [0.25, 0.3) is 11.5 Å². The number of pyridine rings is 1. The number of fused-ring (bicyclic) bond motifs is 2. The molecule has 0 radical (unpaired) electrons. The van der Waals surface area contributed by atoms with Crippen molar-refractivity contribution in [3.63, 3.8) is 0 Å². The number of benzene rings is 2. The average Bonchev–Trinajstić information content (AvgIpc) is 2.74. The molecular weight excluding hydrogens is 370 g/mol. The van der Waals surface area contributed by atoms with E-state index < -0.39 is 0 Å². The zero-order valence-electron chi connectivity index (χ0n) is 12.6. The van der Waals surface area contributed by atoms with E-state index in [1.807, 2.05) is 42.5 Å². The number of para-hydroxylation sites is 1. The van der Waals surface area contributed by atoms with Gasteiger partial charge < -0.3 is 15.6 Å². The number of H-pyrrole nitrogens is 1. The highest BCUT2D eigenvalue weighted by molar-refractivity contribution is 9.10. The third-order valence-electron chi connectivity index (χ3n) is 4.18. The van der Waals surface area contributed by atoms with E-state index in [4.69, 9.17) is 0 Å². The smallest absolute Gasteiger partial charge is 0.253 e. The van der Waals surface area contributed by atoms with Crippen LogP contribution in [-0.2, 0) is 0 Å². The van der Waals surface area contributed by atoms with Crippen LogP contribution in [0.4, 0.5) is 5.69 Å². The van der Waals surface area contributed by atoms with Crippen molar-refractivity contribution in [3.8, 4) is 0 Å². The predicted octanol–water partition coefficient (Wildman–Crippen LogP) is 3.19. The van der Waals surface area contributed by atoms with Gasteiger partial charge in [-0.15, -0.1) is 0 Å². The van der Waals surface area contributed by atoms with E-state index in [1.165, 1.54) is 0 Å². The average molecular weight is 384 g/mol. The number of nitrogens with one attached hydrogen (secondary N) is 3. The molecule has 0 fully saturated rings. The van der Waals surface area contributed by atoms with Crippen LogP contribution in [0.2, 0.25) is 0 Å². The summed E-state index contributed by atoms with van der Waals surface area (Å²) in [4.78, 5) is 27.6. The minimum atomic E-state index is -0.301. The second-order valence-electron chi connectivity index (χ2n) is 5.74. The number of halogens is 1. The Kier molecular flexibility index (Phi) is 3.61. The number of aromatic amines is 1. The van der Waals surface area contributed by atoms with Crippen molar-refractivity contribution in [2.75, 3.05) is 11.9 Å². The molecule has 3 aromatic rings. The Labute approximate surface area is 146 Å². The highest BCUT2D eigenvalue weighted by Crippen LogP contribution is 2.25. The summed E-state index contributed by atoms with van der Waals surface area (Å²) < 4.78 is 0.945. The zero-order valence-corrected chi connectivity index (χ0v) is 14.2. The highest BCUT2D eigenvalue weighted by Gasteiger charge is 2.23.